The maximum absolute atomic E-state index is 6.21. The summed E-state index contributed by atoms with van der Waals surface area (Å²) in [6, 6.07) is 12.2. The molecule has 1 heterocycles. The van der Waals surface area contributed by atoms with Gasteiger partial charge in [0.2, 0.25) is 0 Å². The number of aromatic nitrogens is 1. The minimum Gasteiger partial charge on any atom is -0.383 e. The fourth-order valence-electron chi connectivity index (χ4n) is 3.76. The van der Waals surface area contributed by atoms with Crippen molar-refractivity contribution in [1.29, 1.82) is 0 Å². The van der Waals surface area contributed by atoms with Gasteiger partial charge in [-0.3, -0.25) is 4.99 Å². The predicted molar refractivity (Wildman–Crippen MR) is 153 cm³/mol. The lowest BCUT2D eigenvalue weighted by atomic mass is 10.0. The van der Waals surface area contributed by atoms with Crippen LogP contribution in [0.4, 0.5) is 5.82 Å². The number of anilines is 1. The average molecular weight is 461 g/mol. The van der Waals surface area contributed by atoms with E-state index in [1.165, 1.54) is 38.5 Å². The maximum Gasteiger partial charge on any atom is 0.132 e. The topological polar surface area (TPSA) is 54.5 Å². The van der Waals surface area contributed by atoms with Gasteiger partial charge in [0, 0.05) is 44.7 Å². The summed E-state index contributed by atoms with van der Waals surface area (Å²) in [6.07, 6.45) is 16.7. The lowest BCUT2D eigenvalue weighted by Gasteiger charge is -2.11. The van der Waals surface area contributed by atoms with E-state index in [2.05, 4.69) is 28.7 Å². The summed E-state index contributed by atoms with van der Waals surface area (Å²) in [5.74, 6) is 0.494. The van der Waals surface area contributed by atoms with Crippen LogP contribution in [0.3, 0.4) is 0 Å². The van der Waals surface area contributed by atoms with Gasteiger partial charge in [0.1, 0.15) is 5.82 Å². The monoisotopic (exact) mass is 460 g/mol. The van der Waals surface area contributed by atoms with Crippen LogP contribution in [0.1, 0.15) is 70.4 Å². The van der Waals surface area contributed by atoms with Crippen molar-refractivity contribution in [2.75, 3.05) is 26.9 Å². The number of rotatable bonds is 6. The molecule has 0 saturated heterocycles. The fourth-order valence-corrected chi connectivity index (χ4v) is 3.76. The van der Waals surface area contributed by atoms with Gasteiger partial charge in [0.05, 0.1) is 5.69 Å². The zero-order chi connectivity index (χ0) is 25.3. The highest BCUT2D eigenvalue weighted by molar-refractivity contribution is 6.11. The lowest BCUT2D eigenvalue weighted by Crippen LogP contribution is -2.02. The fraction of sp³-hybridized carbons (Fsp3) is 0.400. The molecule has 34 heavy (non-hydrogen) atoms. The highest BCUT2D eigenvalue weighted by Gasteiger charge is 2.09. The standard InChI is InChI=1S/C22H26N4.C6H12.C2H6/c1-6-16(14-24-3)20-11-12-21(25-22(20)23)19-10-8-9-18(13-19)17(7-2)15-26(4)5;1-2-4-6-5-3-1;1-2/h6-15H,2H2,1,3-5H3,(H2,23,25);1-6H2;1-2H3/b16-6+,17-15+,24-14?;;. The quantitative estimate of drug-likeness (QED) is 0.352. The molecule has 1 fully saturated rings. The summed E-state index contributed by atoms with van der Waals surface area (Å²) in [7, 11) is 5.73. The molecule has 0 radical (unpaired) electrons. The Kier molecular flexibility index (Phi) is 14.0. The molecule has 0 spiro atoms. The molecule has 1 aliphatic carbocycles. The molecule has 0 atom stereocenters. The molecule has 184 valence electrons. The molecule has 0 aliphatic heterocycles. The van der Waals surface area contributed by atoms with Gasteiger partial charge < -0.3 is 10.6 Å². The second kappa shape index (κ2) is 16.5. The average Bonchev–Trinajstić information content (AvgIpc) is 2.88. The molecule has 1 aromatic carbocycles. The van der Waals surface area contributed by atoms with E-state index >= 15 is 0 Å². The molecular weight excluding hydrogens is 416 g/mol. The molecule has 1 aliphatic rings. The Balaban J connectivity index is 0.000000615. The van der Waals surface area contributed by atoms with E-state index in [0.29, 0.717) is 5.82 Å². The van der Waals surface area contributed by atoms with Gasteiger partial charge in [0.25, 0.3) is 0 Å². The predicted octanol–water partition coefficient (Wildman–Crippen LogP) is 7.89. The summed E-state index contributed by atoms with van der Waals surface area (Å²) in [5, 5.41) is 0. The van der Waals surface area contributed by atoms with Crippen molar-refractivity contribution in [2.45, 2.75) is 59.3 Å². The first kappa shape index (κ1) is 28.9. The number of nitrogen functional groups attached to an aromatic ring is 1. The number of nitrogens with zero attached hydrogens (tertiary/aromatic N) is 3. The molecule has 0 unspecified atom stereocenters. The van der Waals surface area contributed by atoms with E-state index in [1.807, 2.05) is 82.4 Å². The molecule has 2 aromatic rings. The smallest absolute Gasteiger partial charge is 0.132 e. The van der Waals surface area contributed by atoms with Crippen molar-refractivity contribution in [3.05, 3.63) is 72.5 Å². The van der Waals surface area contributed by atoms with Crippen LogP contribution in [-0.4, -0.2) is 37.2 Å². The number of hydrogen-bond acceptors (Lipinski definition) is 4. The van der Waals surface area contributed by atoms with Crippen molar-refractivity contribution in [1.82, 2.24) is 9.88 Å². The zero-order valence-corrected chi connectivity index (χ0v) is 22.1. The molecule has 4 heteroatoms. The molecular formula is C30H44N4. The summed E-state index contributed by atoms with van der Waals surface area (Å²) < 4.78 is 0. The lowest BCUT2D eigenvalue weighted by molar-refractivity contribution is 0.504. The van der Waals surface area contributed by atoms with E-state index < -0.39 is 0 Å². The van der Waals surface area contributed by atoms with Gasteiger partial charge in [-0.15, -0.1) is 0 Å². The van der Waals surface area contributed by atoms with Crippen molar-refractivity contribution in [3.63, 3.8) is 0 Å². The van der Waals surface area contributed by atoms with Crippen LogP contribution in [-0.2, 0) is 0 Å². The second-order valence-electron chi connectivity index (χ2n) is 8.21. The molecule has 1 saturated carbocycles. The number of benzene rings is 1. The van der Waals surface area contributed by atoms with Gasteiger partial charge in [-0.2, -0.15) is 0 Å². The van der Waals surface area contributed by atoms with Gasteiger partial charge in [0.15, 0.2) is 0 Å². The maximum atomic E-state index is 6.21. The molecule has 3 rings (SSSR count). The molecule has 0 bridgehead atoms. The second-order valence-corrected chi connectivity index (χ2v) is 8.21. The van der Waals surface area contributed by atoms with E-state index in [1.54, 1.807) is 13.3 Å². The van der Waals surface area contributed by atoms with Crippen LogP contribution < -0.4 is 5.73 Å². The van der Waals surface area contributed by atoms with Gasteiger partial charge >= 0.3 is 0 Å². The zero-order valence-electron chi connectivity index (χ0n) is 22.1. The first-order chi connectivity index (χ1) is 16.5. The third kappa shape index (κ3) is 9.38. The first-order valence-corrected chi connectivity index (χ1v) is 12.5. The minimum atomic E-state index is 0.494. The Hall–Kier alpha value is -3.14. The summed E-state index contributed by atoms with van der Waals surface area (Å²) >= 11 is 0. The van der Waals surface area contributed by atoms with Crippen LogP contribution in [0, 0.1) is 0 Å². The van der Waals surface area contributed by atoms with Crippen LogP contribution in [0.15, 0.2) is 66.3 Å². The van der Waals surface area contributed by atoms with E-state index in [9.17, 15) is 0 Å². The van der Waals surface area contributed by atoms with Crippen molar-refractivity contribution >= 4 is 23.2 Å². The van der Waals surface area contributed by atoms with Gasteiger partial charge in [-0.1, -0.05) is 89.3 Å². The van der Waals surface area contributed by atoms with E-state index in [-0.39, 0.29) is 0 Å². The Morgan fingerprint density at radius 2 is 1.62 bits per heavy atom. The Morgan fingerprint density at radius 3 is 2.09 bits per heavy atom. The molecule has 0 amide bonds. The summed E-state index contributed by atoms with van der Waals surface area (Å²) in [5.41, 5.74) is 12.0. The SMILES string of the molecule is C1CCCCC1.C=C/C(=C\N(C)C)c1cccc(-c2ccc(/C(C=NC)=C/C)c(N)n2)c1.CC. The van der Waals surface area contributed by atoms with Crippen LogP contribution in [0.25, 0.3) is 22.4 Å². The summed E-state index contributed by atoms with van der Waals surface area (Å²) in [6.45, 7) is 9.88. The third-order valence-corrected chi connectivity index (χ3v) is 5.42. The Bertz CT molecular complexity index is 952. The number of hydrogen-bond donors (Lipinski definition) is 1. The molecule has 2 N–H and O–H groups in total. The van der Waals surface area contributed by atoms with Crippen LogP contribution >= 0.6 is 0 Å². The van der Waals surface area contributed by atoms with Crippen molar-refractivity contribution < 1.29 is 0 Å². The number of nitrogens with two attached hydrogens (primary N) is 1. The molecule has 1 aromatic heterocycles. The van der Waals surface area contributed by atoms with Crippen molar-refractivity contribution in [3.8, 4) is 11.3 Å². The summed E-state index contributed by atoms with van der Waals surface area (Å²) in [4.78, 5) is 10.7. The number of allylic oxidation sites excluding steroid dienone is 4. The molecule has 4 nitrogen and oxygen atoms in total. The highest BCUT2D eigenvalue weighted by atomic mass is 15.0. The third-order valence-electron chi connectivity index (χ3n) is 5.42. The largest absolute Gasteiger partial charge is 0.383 e. The van der Waals surface area contributed by atoms with Gasteiger partial charge in [-0.25, -0.2) is 4.98 Å². The van der Waals surface area contributed by atoms with Crippen molar-refractivity contribution in [2.24, 2.45) is 4.99 Å². The number of pyridine rings is 1. The van der Waals surface area contributed by atoms with Crippen LogP contribution in [0.2, 0.25) is 0 Å². The number of aliphatic imine (C=N–C) groups is 1. The Labute approximate surface area is 208 Å². The highest BCUT2D eigenvalue weighted by Crippen LogP contribution is 2.27. The Morgan fingerprint density at radius 1 is 1.00 bits per heavy atom. The van der Waals surface area contributed by atoms with E-state index in [4.69, 9.17) is 5.73 Å². The normalized spacial score (nSPS) is 13.9. The van der Waals surface area contributed by atoms with Gasteiger partial charge in [-0.05, 0) is 41.8 Å². The first-order valence-electron chi connectivity index (χ1n) is 12.5. The van der Waals surface area contributed by atoms with E-state index in [0.717, 1.165) is 33.5 Å². The van der Waals surface area contributed by atoms with Crippen LogP contribution in [0.5, 0.6) is 0 Å². The minimum absolute atomic E-state index is 0.494.